The van der Waals surface area contributed by atoms with E-state index in [0.29, 0.717) is 13.2 Å². The third-order valence-electron chi connectivity index (χ3n) is 4.65. The van der Waals surface area contributed by atoms with E-state index in [9.17, 15) is 5.11 Å². The molecule has 3 bridgehead atoms. The third kappa shape index (κ3) is 2.54. The normalized spacial score (nSPS) is 41.9. The summed E-state index contributed by atoms with van der Waals surface area (Å²) < 4.78 is 26.5. The van der Waals surface area contributed by atoms with Gasteiger partial charge in [-0.15, -0.1) is 0 Å². The van der Waals surface area contributed by atoms with Gasteiger partial charge in [0.25, 0.3) is 0 Å². The second kappa shape index (κ2) is 6.01. The first kappa shape index (κ1) is 15.5. The minimum atomic E-state index is -3.15. The Morgan fingerprint density at radius 1 is 1.20 bits per heavy atom. The maximum atomic E-state index is 10.4. The molecule has 20 heavy (non-hydrogen) atoms. The van der Waals surface area contributed by atoms with E-state index in [0.717, 1.165) is 34.6 Å². The molecule has 0 aromatic heterocycles. The average Bonchev–Trinajstić information content (AvgIpc) is 2.45. The van der Waals surface area contributed by atoms with Gasteiger partial charge in [0.1, 0.15) is 0 Å². The van der Waals surface area contributed by atoms with Crippen LogP contribution in [0.4, 0.5) is 0 Å². The molecule has 4 fully saturated rings. The quantitative estimate of drug-likeness (QED) is 0.700. The van der Waals surface area contributed by atoms with Crippen LogP contribution < -0.4 is 0 Å². The summed E-state index contributed by atoms with van der Waals surface area (Å²) in [6.07, 6.45) is 3.56. The first-order valence-electron chi connectivity index (χ1n) is 7.96. The summed E-state index contributed by atoms with van der Waals surface area (Å²) >= 11 is -3.15. The van der Waals surface area contributed by atoms with Gasteiger partial charge >= 0.3 is 126 Å². The number of unbranched alkanes of at least 4 members (excludes halogenated alkanes) is 2. The van der Waals surface area contributed by atoms with Crippen LogP contribution >= 0.6 is 0 Å². The van der Waals surface area contributed by atoms with Crippen LogP contribution in [0.2, 0.25) is 8.87 Å². The monoisotopic (exact) mass is 394 g/mol. The van der Waals surface area contributed by atoms with Crippen LogP contribution in [-0.2, 0) is 15.6 Å². The Hall–Kier alpha value is 0.599. The van der Waals surface area contributed by atoms with E-state index in [4.69, 9.17) is 15.6 Å². The second-order valence-corrected chi connectivity index (χ2v) is 15.5. The Labute approximate surface area is 125 Å². The van der Waals surface area contributed by atoms with E-state index in [1.165, 1.54) is 0 Å². The first-order valence-corrected chi connectivity index (χ1v) is 14.3. The van der Waals surface area contributed by atoms with E-state index in [1.54, 1.807) is 0 Å². The van der Waals surface area contributed by atoms with Gasteiger partial charge in [0.2, 0.25) is 0 Å². The summed E-state index contributed by atoms with van der Waals surface area (Å²) in [6.45, 7) is 5.23. The second-order valence-electron chi connectivity index (χ2n) is 6.22. The molecule has 4 rings (SSSR count). The van der Waals surface area contributed by atoms with E-state index in [2.05, 4.69) is 13.8 Å². The average molecular weight is 393 g/mol. The van der Waals surface area contributed by atoms with Crippen molar-refractivity contribution in [3.63, 3.8) is 0 Å². The van der Waals surface area contributed by atoms with Crippen molar-refractivity contribution in [3.8, 4) is 0 Å². The number of ether oxygens (including phenoxy) is 2. The molecular weight excluding hydrogens is 367 g/mol. The topological polar surface area (TPSA) is 57.2 Å². The molecule has 0 radical (unpaired) electrons. The Kier molecular flexibility index (Phi) is 4.65. The molecule has 4 aliphatic rings. The fourth-order valence-corrected chi connectivity index (χ4v) is 15.3. The number of fused-ring (bicyclic) bond motifs is 2. The van der Waals surface area contributed by atoms with Crippen molar-refractivity contribution in [1.29, 1.82) is 0 Å². The summed E-state index contributed by atoms with van der Waals surface area (Å²) in [5.74, 6) is -0.921. The molecule has 1 N–H and O–H groups in total. The van der Waals surface area contributed by atoms with Crippen LogP contribution in [0.3, 0.4) is 0 Å². The maximum absolute atomic E-state index is 10.4. The fourth-order valence-electron chi connectivity index (χ4n) is 3.43. The van der Waals surface area contributed by atoms with E-state index in [1.807, 2.05) is 0 Å². The van der Waals surface area contributed by atoms with Gasteiger partial charge in [-0.3, -0.25) is 0 Å². The van der Waals surface area contributed by atoms with Crippen molar-refractivity contribution >= 4 is 19.2 Å². The summed E-state index contributed by atoms with van der Waals surface area (Å²) in [6, 6.07) is 0. The summed E-state index contributed by atoms with van der Waals surface area (Å²) in [7, 11) is 0. The van der Waals surface area contributed by atoms with E-state index in [-0.39, 0.29) is 12.2 Å². The minimum absolute atomic E-state index is 0.116. The molecule has 1 spiro atoms. The van der Waals surface area contributed by atoms with Crippen molar-refractivity contribution in [2.45, 2.75) is 72.5 Å². The molecule has 0 amide bonds. The Morgan fingerprint density at radius 3 is 2.40 bits per heavy atom. The standard InChI is InChI=1S/C6H8O5.2C4H9.Sn/c7-4-3-1-11-6(9,2-10-3)5(4)8;2*1-3-4-2;/h3-5,8H,1-2H2;2*1,3-4H2,2H3;/q-2;;;+2/t3-,4-,5+,6+;;;/m1.../s1. The van der Waals surface area contributed by atoms with Gasteiger partial charge in [-0.1, -0.05) is 0 Å². The van der Waals surface area contributed by atoms with E-state index >= 15 is 0 Å². The van der Waals surface area contributed by atoms with Gasteiger partial charge in [-0.05, 0) is 0 Å². The van der Waals surface area contributed by atoms with Crippen LogP contribution in [-0.4, -0.2) is 61.6 Å². The predicted octanol–water partition coefficient (Wildman–Crippen LogP) is 1.93. The van der Waals surface area contributed by atoms with Gasteiger partial charge < -0.3 is 0 Å². The molecule has 0 aromatic rings. The first-order chi connectivity index (χ1) is 9.65. The van der Waals surface area contributed by atoms with Crippen LogP contribution in [0, 0.1) is 0 Å². The van der Waals surface area contributed by atoms with Crippen molar-refractivity contribution in [2.24, 2.45) is 0 Å². The number of hydrogen-bond donors (Lipinski definition) is 1. The summed E-state index contributed by atoms with van der Waals surface area (Å²) in [5.41, 5.74) is 0. The van der Waals surface area contributed by atoms with Gasteiger partial charge in [-0.25, -0.2) is 0 Å². The van der Waals surface area contributed by atoms with Crippen LogP contribution in [0.1, 0.15) is 39.5 Å². The number of aliphatic hydroxyl groups excluding tert-OH is 1. The van der Waals surface area contributed by atoms with Crippen molar-refractivity contribution < 1.29 is 20.7 Å². The summed E-state index contributed by atoms with van der Waals surface area (Å²) in [4.78, 5) is 0. The molecule has 0 aliphatic carbocycles. The molecule has 4 heterocycles. The molecule has 4 aliphatic heterocycles. The van der Waals surface area contributed by atoms with Crippen LogP contribution in [0.15, 0.2) is 0 Å². The van der Waals surface area contributed by atoms with Crippen LogP contribution in [0.25, 0.3) is 0 Å². The molecule has 0 unspecified atom stereocenters. The fraction of sp³-hybridized carbons (Fsp3) is 1.00. The third-order valence-corrected chi connectivity index (χ3v) is 15.1. The van der Waals surface area contributed by atoms with Crippen molar-refractivity contribution in [3.05, 3.63) is 0 Å². The van der Waals surface area contributed by atoms with Crippen LogP contribution in [0.5, 0.6) is 0 Å². The zero-order valence-electron chi connectivity index (χ0n) is 12.5. The van der Waals surface area contributed by atoms with Crippen molar-refractivity contribution in [2.75, 3.05) is 13.2 Å². The molecule has 4 atom stereocenters. The molecule has 116 valence electrons. The molecule has 0 saturated carbocycles. The van der Waals surface area contributed by atoms with E-state index < -0.39 is 31.1 Å². The zero-order valence-corrected chi connectivity index (χ0v) is 15.3. The van der Waals surface area contributed by atoms with Gasteiger partial charge in [0.15, 0.2) is 0 Å². The molecular formula is C14H26O5Sn. The molecule has 4 saturated heterocycles. The molecule has 0 aromatic carbocycles. The Bertz CT molecular complexity index is 334. The van der Waals surface area contributed by atoms with Gasteiger partial charge in [0.05, 0.1) is 0 Å². The molecule has 5 nitrogen and oxygen atoms in total. The SMILES string of the molecule is CCC[CH2][Sn]1([CH2]CCC)[O][C@@H]2[C@H]3CO[C@](CO3)([O]1)[C@H]2O. The van der Waals surface area contributed by atoms with Crippen molar-refractivity contribution in [1.82, 2.24) is 0 Å². The number of aliphatic hydroxyl groups is 1. The van der Waals surface area contributed by atoms with Gasteiger partial charge in [-0.2, -0.15) is 0 Å². The number of hydrogen-bond acceptors (Lipinski definition) is 5. The summed E-state index contributed by atoms with van der Waals surface area (Å²) in [5, 5.41) is 10.4. The molecule has 6 heteroatoms. The Balaban J connectivity index is 1.82. The zero-order chi connectivity index (χ0) is 14.2. The number of rotatable bonds is 6. The Morgan fingerprint density at radius 2 is 1.90 bits per heavy atom. The predicted molar refractivity (Wildman–Crippen MR) is 75.6 cm³/mol. The van der Waals surface area contributed by atoms with Gasteiger partial charge in [0, 0.05) is 0 Å².